The van der Waals surface area contributed by atoms with Crippen LogP contribution in [0.4, 0.5) is 0 Å². The SMILES string of the molecule is CC1(C=O)COCOC1. The van der Waals surface area contributed by atoms with Crippen molar-refractivity contribution in [2.45, 2.75) is 6.92 Å². The molecule has 3 heteroatoms. The molecular weight excluding hydrogens is 120 g/mol. The van der Waals surface area contributed by atoms with Crippen LogP contribution in [0.3, 0.4) is 0 Å². The summed E-state index contributed by atoms with van der Waals surface area (Å²) in [5.74, 6) is 0. The molecule has 0 amide bonds. The number of carbonyl (C=O) groups excluding carboxylic acids is 1. The molecule has 1 rings (SSSR count). The fourth-order valence-electron chi connectivity index (χ4n) is 0.718. The molecule has 0 aliphatic carbocycles. The maximum absolute atomic E-state index is 10.3. The Balaban J connectivity index is 2.46. The van der Waals surface area contributed by atoms with Gasteiger partial charge in [0.2, 0.25) is 0 Å². The summed E-state index contributed by atoms with van der Waals surface area (Å²) in [7, 11) is 0. The molecule has 0 aromatic carbocycles. The molecule has 1 saturated heterocycles. The van der Waals surface area contributed by atoms with E-state index in [-0.39, 0.29) is 0 Å². The van der Waals surface area contributed by atoms with Crippen molar-refractivity contribution in [3.8, 4) is 0 Å². The van der Waals surface area contributed by atoms with E-state index in [0.717, 1.165) is 6.29 Å². The third-order valence-electron chi connectivity index (χ3n) is 1.31. The largest absolute Gasteiger partial charge is 0.354 e. The molecule has 0 bridgehead atoms. The highest BCUT2D eigenvalue weighted by atomic mass is 16.7. The van der Waals surface area contributed by atoms with Crippen LogP contribution in [-0.4, -0.2) is 26.3 Å². The smallest absolute Gasteiger partial charge is 0.146 e. The first-order valence-electron chi connectivity index (χ1n) is 2.89. The number of rotatable bonds is 1. The molecule has 0 saturated carbocycles. The second kappa shape index (κ2) is 2.45. The van der Waals surface area contributed by atoms with Gasteiger partial charge in [-0.15, -0.1) is 0 Å². The van der Waals surface area contributed by atoms with Crippen molar-refractivity contribution in [2.24, 2.45) is 5.41 Å². The molecule has 0 radical (unpaired) electrons. The van der Waals surface area contributed by atoms with Gasteiger partial charge in [0, 0.05) is 0 Å². The van der Waals surface area contributed by atoms with Crippen LogP contribution in [0.5, 0.6) is 0 Å². The van der Waals surface area contributed by atoms with E-state index in [1.807, 2.05) is 6.92 Å². The van der Waals surface area contributed by atoms with E-state index < -0.39 is 5.41 Å². The molecule has 0 N–H and O–H groups in total. The van der Waals surface area contributed by atoms with E-state index in [1.54, 1.807) is 0 Å². The van der Waals surface area contributed by atoms with Gasteiger partial charge in [0.05, 0.1) is 18.6 Å². The van der Waals surface area contributed by atoms with Crippen molar-refractivity contribution in [2.75, 3.05) is 20.0 Å². The predicted octanol–water partition coefficient (Wildman–Crippen LogP) is 0.196. The number of carbonyl (C=O) groups is 1. The molecular formula is C6H10O3. The van der Waals surface area contributed by atoms with Gasteiger partial charge in [-0.3, -0.25) is 0 Å². The maximum atomic E-state index is 10.3. The van der Waals surface area contributed by atoms with Crippen LogP contribution in [0.25, 0.3) is 0 Å². The van der Waals surface area contributed by atoms with Gasteiger partial charge >= 0.3 is 0 Å². The highest BCUT2D eigenvalue weighted by Crippen LogP contribution is 2.17. The zero-order chi connectivity index (χ0) is 6.74. The van der Waals surface area contributed by atoms with Crippen LogP contribution < -0.4 is 0 Å². The van der Waals surface area contributed by atoms with Crippen LogP contribution in [-0.2, 0) is 14.3 Å². The fraction of sp³-hybridized carbons (Fsp3) is 0.833. The Morgan fingerprint density at radius 3 is 2.33 bits per heavy atom. The van der Waals surface area contributed by atoms with Crippen molar-refractivity contribution in [1.29, 1.82) is 0 Å². The summed E-state index contributed by atoms with van der Waals surface area (Å²) < 4.78 is 9.84. The number of aldehydes is 1. The average molecular weight is 130 g/mol. The van der Waals surface area contributed by atoms with Gasteiger partial charge < -0.3 is 14.3 Å². The van der Waals surface area contributed by atoms with Crippen molar-refractivity contribution in [3.63, 3.8) is 0 Å². The van der Waals surface area contributed by atoms with Crippen molar-refractivity contribution in [1.82, 2.24) is 0 Å². The fourth-order valence-corrected chi connectivity index (χ4v) is 0.718. The Morgan fingerprint density at radius 2 is 2.00 bits per heavy atom. The Hall–Kier alpha value is -0.410. The molecule has 1 fully saturated rings. The van der Waals surface area contributed by atoms with Crippen molar-refractivity contribution >= 4 is 6.29 Å². The van der Waals surface area contributed by atoms with Crippen molar-refractivity contribution in [3.05, 3.63) is 0 Å². The lowest BCUT2D eigenvalue weighted by Crippen LogP contribution is -2.35. The highest BCUT2D eigenvalue weighted by Gasteiger charge is 2.27. The molecule has 0 spiro atoms. The standard InChI is InChI=1S/C6H10O3/c1-6(2-7)3-8-5-9-4-6/h2H,3-5H2,1H3. The van der Waals surface area contributed by atoms with E-state index in [4.69, 9.17) is 9.47 Å². The average Bonchev–Trinajstić information content (AvgIpc) is 1.90. The topological polar surface area (TPSA) is 35.5 Å². The van der Waals surface area contributed by atoms with Gasteiger partial charge in [0.1, 0.15) is 13.1 Å². The molecule has 0 aromatic heterocycles. The Labute approximate surface area is 53.9 Å². The molecule has 9 heavy (non-hydrogen) atoms. The minimum Gasteiger partial charge on any atom is -0.354 e. The van der Waals surface area contributed by atoms with Crippen LogP contribution in [0.15, 0.2) is 0 Å². The molecule has 1 aliphatic rings. The third kappa shape index (κ3) is 1.50. The number of hydrogen-bond donors (Lipinski definition) is 0. The van der Waals surface area contributed by atoms with Gasteiger partial charge in [0.25, 0.3) is 0 Å². The van der Waals surface area contributed by atoms with E-state index >= 15 is 0 Å². The van der Waals surface area contributed by atoms with E-state index in [1.165, 1.54) is 0 Å². The Bertz CT molecular complexity index is 105. The normalized spacial score (nSPS) is 25.4. The lowest BCUT2D eigenvalue weighted by Gasteiger charge is -2.27. The molecule has 1 heterocycles. The molecule has 1 aliphatic heterocycles. The minimum atomic E-state index is -0.405. The first-order chi connectivity index (χ1) is 4.27. The second-order valence-electron chi connectivity index (χ2n) is 2.59. The zero-order valence-corrected chi connectivity index (χ0v) is 5.42. The zero-order valence-electron chi connectivity index (χ0n) is 5.42. The lowest BCUT2D eigenvalue weighted by atomic mass is 9.95. The molecule has 0 aromatic rings. The second-order valence-corrected chi connectivity index (χ2v) is 2.59. The van der Waals surface area contributed by atoms with Crippen molar-refractivity contribution < 1.29 is 14.3 Å². The first-order valence-corrected chi connectivity index (χ1v) is 2.89. The van der Waals surface area contributed by atoms with Gasteiger partial charge in [-0.05, 0) is 6.92 Å². The summed E-state index contributed by atoms with van der Waals surface area (Å²) in [6.45, 7) is 3.11. The summed E-state index contributed by atoms with van der Waals surface area (Å²) in [6, 6.07) is 0. The summed E-state index contributed by atoms with van der Waals surface area (Å²) in [6.07, 6.45) is 0.881. The van der Waals surface area contributed by atoms with Crippen LogP contribution >= 0.6 is 0 Å². The molecule has 0 unspecified atom stereocenters. The van der Waals surface area contributed by atoms with E-state index in [0.29, 0.717) is 20.0 Å². The van der Waals surface area contributed by atoms with Gasteiger partial charge in [-0.2, -0.15) is 0 Å². The highest BCUT2D eigenvalue weighted by molar-refractivity contribution is 5.59. The maximum Gasteiger partial charge on any atom is 0.146 e. The van der Waals surface area contributed by atoms with Crippen LogP contribution in [0, 0.1) is 5.41 Å². The summed E-state index contributed by atoms with van der Waals surface area (Å²) in [5, 5.41) is 0. The summed E-state index contributed by atoms with van der Waals surface area (Å²) >= 11 is 0. The third-order valence-corrected chi connectivity index (χ3v) is 1.31. The van der Waals surface area contributed by atoms with E-state index in [2.05, 4.69) is 0 Å². The van der Waals surface area contributed by atoms with Crippen LogP contribution in [0.1, 0.15) is 6.92 Å². The number of ether oxygens (including phenoxy) is 2. The lowest BCUT2D eigenvalue weighted by molar-refractivity contribution is -0.163. The minimum absolute atomic E-state index is 0.323. The van der Waals surface area contributed by atoms with Gasteiger partial charge in [-0.25, -0.2) is 0 Å². The van der Waals surface area contributed by atoms with Gasteiger partial charge in [-0.1, -0.05) is 0 Å². The summed E-state index contributed by atoms with van der Waals surface area (Å²) in [4.78, 5) is 10.3. The quantitative estimate of drug-likeness (QED) is 0.475. The molecule has 0 atom stereocenters. The Morgan fingerprint density at radius 1 is 1.44 bits per heavy atom. The number of hydrogen-bond acceptors (Lipinski definition) is 3. The van der Waals surface area contributed by atoms with Crippen LogP contribution in [0.2, 0.25) is 0 Å². The molecule has 52 valence electrons. The molecule has 3 nitrogen and oxygen atoms in total. The predicted molar refractivity (Wildman–Crippen MR) is 30.9 cm³/mol. The van der Waals surface area contributed by atoms with Gasteiger partial charge in [0.15, 0.2) is 0 Å². The summed E-state index contributed by atoms with van der Waals surface area (Å²) in [5.41, 5.74) is -0.405. The monoisotopic (exact) mass is 130 g/mol. The Kier molecular flexibility index (Phi) is 1.83. The van der Waals surface area contributed by atoms with E-state index in [9.17, 15) is 4.79 Å². The first kappa shape index (κ1) is 6.71.